The predicted octanol–water partition coefficient (Wildman–Crippen LogP) is 5.39. The third kappa shape index (κ3) is 20.1. The van der Waals surface area contributed by atoms with Crippen molar-refractivity contribution in [2.24, 2.45) is 0 Å². The molecule has 0 rings (SSSR count). The standard InChI is InChI=1S/C16H33.Ba.2H/c1-3-5-7-9-11-13-15-16-14-12-10-8-6-4-2;;;/h1,3-16H2,2H3;;;. The van der Waals surface area contributed by atoms with Crippen molar-refractivity contribution in [3.05, 3.63) is 6.92 Å². The molecule has 0 N–H and O–H groups in total. The molecule has 0 heterocycles. The van der Waals surface area contributed by atoms with Gasteiger partial charge in [-0.3, -0.25) is 0 Å². The molecule has 0 aromatic carbocycles. The van der Waals surface area contributed by atoms with E-state index >= 15 is 0 Å². The minimum Gasteiger partial charge on any atom is -0.0654 e. The Morgan fingerprint density at radius 1 is 0.529 bits per heavy atom. The summed E-state index contributed by atoms with van der Waals surface area (Å²) in [5.41, 5.74) is 0. The summed E-state index contributed by atoms with van der Waals surface area (Å²) in [6, 6.07) is 0. The van der Waals surface area contributed by atoms with E-state index < -0.39 is 0 Å². The SMILES string of the molecule is [BaH2].[CH2]CCCCCCCCCCCCCCC. The van der Waals surface area contributed by atoms with Gasteiger partial charge in [-0.25, -0.2) is 0 Å². The molecule has 0 fully saturated rings. The minimum atomic E-state index is 0. The van der Waals surface area contributed by atoms with Crippen LogP contribution in [0.4, 0.5) is 0 Å². The van der Waals surface area contributed by atoms with Gasteiger partial charge in [-0.05, 0) is 0 Å². The second-order valence-corrected chi connectivity index (χ2v) is 5.10. The number of unbranched alkanes of at least 4 members (excludes halogenated alkanes) is 13. The van der Waals surface area contributed by atoms with Crippen LogP contribution in [0.25, 0.3) is 0 Å². The summed E-state index contributed by atoms with van der Waals surface area (Å²) in [4.78, 5) is 0. The fourth-order valence-electron chi connectivity index (χ4n) is 2.19. The monoisotopic (exact) mass is 365 g/mol. The Balaban J connectivity index is 0. The number of hydrogen-bond acceptors (Lipinski definition) is 0. The topological polar surface area (TPSA) is 0 Å². The first kappa shape index (κ1) is 20.9. The van der Waals surface area contributed by atoms with Crippen LogP contribution in [-0.4, -0.2) is 48.9 Å². The van der Waals surface area contributed by atoms with Crippen LogP contribution < -0.4 is 0 Å². The summed E-state index contributed by atoms with van der Waals surface area (Å²) in [5.74, 6) is 0. The molecular weight excluding hydrogens is 330 g/mol. The Hall–Kier alpha value is 1.57. The second kappa shape index (κ2) is 19.9. The van der Waals surface area contributed by atoms with E-state index in [9.17, 15) is 0 Å². The van der Waals surface area contributed by atoms with Crippen LogP contribution in [-0.2, 0) is 0 Å². The maximum absolute atomic E-state index is 3.87. The van der Waals surface area contributed by atoms with Crippen molar-refractivity contribution in [1.82, 2.24) is 0 Å². The fourth-order valence-corrected chi connectivity index (χ4v) is 2.19. The molecule has 0 amide bonds. The van der Waals surface area contributed by atoms with Crippen LogP contribution in [0, 0.1) is 6.92 Å². The largest absolute Gasteiger partial charge is 0.0654 e. The van der Waals surface area contributed by atoms with E-state index in [1.807, 2.05) is 0 Å². The Bertz CT molecular complexity index is 98.1. The van der Waals surface area contributed by atoms with Gasteiger partial charge < -0.3 is 0 Å². The Labute approximate surface area is 151 Å². The molecule has 0 saturated heterocycles. The first-order valence-electron chi connectivity index (χ1n) is 7.71. The van der Waals surface area contributed by atoms with Crippen molar-refractivity contribution in [2.75, 3.05) is 0 Å². The molecular formula is C16H35Ba. The zero-order chi connectivity index (χ0) is 11.9. The average Bonchev–Trinajstić information content (AvgIpc) is 2.31. The summed E-state index contributed by atoms with van der Waals surface area (Å²) in [6.07, 6.45) is 19.8. The summed E-state index contributed by atoms with van der Waals surface area (Å²) in [5, 5.41) is 0. The maximum atomic E-state index is 3.87. The normalized spacial score (nSPS) is 10.2. The molecule has 0 bridgehead atoms. The molecule has 0 aliphatic heterocycles. The van der Waals surface area contributed by atoms with E-state index in [-0.39, 0.29) is 48.9 Å². The van der Waals surface area contributed by atoms with Gasteiger partial charge in [-0.1, -0.05) is 104 Å². The van der Waals surface area contributed by atoms with Gasteiger partial charge in [0, 0.05) is 0 Å². The van der Waals surface area contributed by atoms with Gasteiger partial charge in [-0.2, -0.15) is 0 Å². The van der Waals surface area contributed by atoms with Crippen molar-refractivity contribution < 1.29 is 0 Å². The quantitative estimate of drug-likeness (QED) is 0.304. The first-order chi connectivity index (χ1) is 7.91. The van der Waals surface area contributed by atoms with Crippen LogP contribution in [0.5, 0.6) is 0 Å². The third-order valence-electron chi connectivity index (χ3n) is 3.35. The molecule has 0 nitrogen and oxygen atoms in total. The molecule has 0 atom stereocenters. The Morgan fingerprint density at radius 2 is 0.824 bits per heavy atom. The summed E-state index contributed by atoms with van der Waals surface area (Å²) >= 11 is 0. The summed E-state index contributed by atoms with van der Waals surface area (Å²) in [6.45, 7) is 6.16. The number of hydrogen-bond donors (Lipinski definition) is 0. The average molecular weight is 365 g/mol. The molecule has 0 spiro atoms. The van der Waals surface area contributed by atoms with Gasteiger partial charge in [0.1, 0.15) is 0 Å². The van der Waals surface area contributed by atoms with Crippen LogP contribution in [0.3, 0.4) is 0 Å². The van der Waals surface area contributed by atoms with Gasteiger partial charge in [0.05, 0.1) is 0 Å². The van der Waals surface area contributed by atoms with Crippen LogP contribution >= 0.6 is 0 Å². The number of rotatable bonds is 13. The van der Waals surface area contributed by atoms with Gasteiger partial charge in [0.25, 0.3) is 0 Å². The zero-order valence-electron chi connectivity index (χ0n) is 11.6. The zero-order valence-corrected chi connectivity index (χ0v) is 11.6. The van der Waals surface area contributed by atoms with Crippen molar-refractivity contribution in [3.8, 4) is 0 Å². The molecule has 0 unspecified atom stereocenters. The summed E-state index contributed by atoms with van der Waals surface area (Å²) < 4.78 is 0. The minimum absolute atomic E-state index is 0. The van der Waals surface area contributed by atoms with Crippen LogP contribution in [0.1, 0.15) is 96.8 Å². The molecule has 17 heavy (non-hydrogen) atoms. The third-order valence-corrected chi connectivity index (χ3v) is 3.35. The fraction of sp³-hybridized carbons (Fsp3) is 0.938. The van der Waals surface area contributed by atoms with E-state index in [0.29, 0.717) is 0 Å². The molecule has 0 aromatic heterocycles. The van der Waals surface area contributed by atoms with Crippen LogP contribution in [0.15, 0.2) is 0 Å². The molecule has 0 aromatic rings. The Kier molecular flexibility index (Phi) is 24.4. The van der Waals surface area contributed by atoms with Gasteiger partial charge in [-0.15, -0.1) is 0 Å². The van der Waals surface area contributed by atoms with Gasteiger partial charge in [0.15, 0.2) is 0 Å². The molecule has 0 saturated carbocycles. The van der Waals surface area contributed by atoms with Crippen molar-refractivity contribution in [2.45, 2.75) is 96.8 Å². The smallest absolute Gasteiger partial charge is 0.0533 e. The first-order valence-corrected chi connectivity index (χ1v) is 7.71. The summed E-state index contributed by atoms with van der Waals surface area (Å²) in [7, 11) is 0. The molecule has 1 heteroatoms. The molecule has 1 radical (unpaired) electrons. The predicted molar refractivity (Wildman–Crippen MR) is 84.2 cm³/mol. The van der Waals surface area contributed by atoms with E-state index in [2.05, 4.69) is 13.8 Å². The van der Waals surface area contributed by atoms with Gasteiger partial charge in [0.2, 0.25) is 0 Å². The van der Waals surface area contributed by atoms with Crippen molar-refractivity contribution >= 4 is 48.9 Å². The molecule has 0 aliphatic rings. The maximum Gasteiger partial charge on any atom is -0.0533 e. The second-order valence-electron chi connectivity index (χ2n) is 5.10. The van der Waals surface area contributed by atoms with Crippen molar-refractivity contribution in [3.63, 3.8) is 0 Å². The van der Waals surface area contributed by atoms with E-state index in [4.69, 9.17) is 0 Å². The van der Waals surface area contributed by atoms with E-state index in [1.165, 1.54) is 83.5 Å². The van der Waals surface area contributed by atoms with E-state index in [0.717, 1.165) is 6.42 Å². The van der Waals surface area contributed by atoms with E-state index in [1.54, 1.807) is 0 Å². The molecule has 101 valence electrons. The van der Waals surface area contributed by atoms with Gasteiger partial charge >= 0.3 is 48.9 Å². The van der Waals surface area contributed by atoms with Crippen LogP contribution in [0.2, 0.25) is 0 Å². The Morgan fingerprint density at radius 3 is 1.12 bits per heavy atom. The van der Waals surface area contributed by atoms with Crippen molar-refractivity contribution in [1.29, 1.82) is 0 Å². The molecule has 0 aliphatic carbocycles.